The van der Waals surface area contributed by atoms with Crippen LogP contribution < -0.4 is 20.3 Å². The number of aliphatic imine (C=N–C) groups is 1. The highest BCUT2D eigenvalue weighted by atomic mass is 19.4. The van der Waals surface area contributed by atoms with E-state index in [0.29, 0.717) is 12.5 Å². The van der Waals surface area contributed by atoms with E-state index < -0.39 is 12.8 Å². The maximum atomic E-state index is 12.2. The van der Waals surface area contributed by atoms with Gasteiger partial charge in [-0.15, -0.1) is 0 Å². The largest absolute Gasteiger partial charge is 0.468 e. The fourth-order valence-corrected chi connectivity index (χ4v) is 3.18. The molecule has 3 rings (SSSR count). The summed E-state index contributed by atoms with van der Waals surface area (Å²) in [5.74, 6) is 0.645. The van der Waals surface area contributed by atoms with Crippen LogP contribution in [-0.2, 0) is 6.54 Å². The monoisotopic (exact) mass is 421 g/mol. The van der Waals surface area contributed by atoms with Gasteiger partial charge in [-0.1, -0.05) is 24.3 Å². The molecule has 0 radical (unpaired) electrons. The van der Waals surface area contributed by atoms with Gasteiger partial charge in [0.05, 0.1) is 6.54 Å². The fraction of sp³-hybridized carbons (Fsp3) is 0.429. The number of rotatable bonds is 7. The van der Waals surface area contributed by atoms with Crippen molar-refractivity contribution in [3.63, 3.8) is 0 Å². The number of alkyl halides is 3. The number of aromatic nitrogens is 1. The summed E-state index contributed by atoms with van der Waals surface area (Å²) in [6.07, 6.45) is -1.90. The SMILES string of the molecule is CCNC(=NCc1ccc(OCC(F)(F)F)nc1)NC1CCN(c2ccccc2)C1. The molecular formula is C21H26F3N5O. The average Bonchev–Trinajstić information content (AvgIpc) is 3.20. The van der Waals surface area contributed by atoms with Crippen molar-refractivity contribution in [3.8, 4) is 5.88 Å². The molecule has 1 atom stereocenters. The van der Waals surface area contributed by atoms with Gasteiger partial charge in [-0.3, -0.25) is 0 Å². The zero-order chi connectivity index (χ0) is 21.4. The molecule has 0 spiro atoms. The number of benzene rings is 1. The zero-order valence-electron chi connectivity index (χ0n) is 16.8. The molecule has 2 aromatic rings. The van der Waals surface area contributed by atoms with Gasteiger partial charge in [0.15, 0.2) is 12.6 Å². The van der Waals surface area contributed by atoms with Crippen LogP contribution in [0.1, 0.15) is 18.9 Å². The first-order valence-electron chi connectivity index (χ1n) is 9.92. The second kappa shape index (κ2) is 10.2. The van der Waals surface area contributed by atoms with Gasteiger partial charge in [0.25, 0.3) is 0 Å². The standard InChI is InChI=1S/C21H26F3N5O/c1-2-25-20(28-17-10-11-29(14-17)18-6-4-3-5-7-18)27-13-16-8-9-19(26-12-16)30-15-21(22,23)24/h3-9,12,17H,2,10-11,13-15H2,1H3,(H2,25,27,28). The third-order valence-corrected chi connectivity index (χ3v) is 4.60. The molecule has 0 amide bonds. The summed E-state index contributed by atoms with van der Waals surface area (Å²) in [5.41, 5.74) is 1.99. The van der Waals surface area contributed by atoms with Crippen LogP contribution in [0.15, 0.2) is 53.7 Å². The summed E-state index contributed by atoms with van der Waals surface area (Å²) in [5, 5.41) is 6.70. The molecular weight excluding hydrogens is 395 g/mol. The smallest absolute Gasteiger partial charge is 0.422 e. The lowest BCUT2D eigenvalue weighted by Gasteiger charge is -2.20. The minimum atomic E-state index is -4.38. The van der Waals surface area contributed by atoms with Crippen LogP contribution in [0.4, 0.5) is 18.9 Å². The molecule has 1 aromatic carbocycles. The van der Waals surface area contributed by atoms with E-state index in [-0.39, 0.29) is 11.9 Å². The van der Waals surface area contributed by atoms with Crippen LogP contribution in [0.25, 0.3) is 0 Å². The van der Waals surface area contributed by atoms with Gasteiger partial charge >= 0.3 is 6.18 Å². The first-order valence-corrected chi connectivity index (χ1v) is 9.92. The lowest BCUT2D eigenvalue weighted by atomic mass is 10.2. The number of pyridine rings is 1. The highest BCUT2D eigenvalue weighted by Crippen LogP contribution is 2.20. The van der Waals surface area contributed by atoms with Gasteiger partial charge < -0.3 is 20.3 Å². The minimum absolute atomic E-state index is 0.0583. The molecule has 1 aliphatic rings. The number of ether oxygens (including phenoxy) is 1. The summed E-state index contributed by atoms with van der Waals surface area (Å²) in [7, 11) is 0. The van der Waals surface area contributed by atoms with E-state index in [1.165, 1.54) is 18.0 Å². The van der Waals surface area contributed by atoms with E-state index in [9.17, 15) is 13.2 Å². The molecule has 30 heavy (non-hydrogen) atoms. The number of guanidine groups is 1. The van der Waals surface area contributed by atoms with Crippen molar-refractivity contribution in [2.75, 3.05) is 31.1 Å². The number of anilines is 1. The zero-order valence-corrected chi connectivity index (χ0v) is 16.8. The van der Waals surface area contributed by atoms with E-state index >= 15 is 0 Å². The molecule has 9 heteroatoms. The van der Waals surface area contributed by atoms with E-state index in [4.69, 9.17) is 0 Å². The molecule has 1 fully saturated rings. The predicted molar refractivity (Wildman–Crippen MR) is 111 cm³/mol. The predicted octanol–water partition coefficient (Wildman–Crippen LogP) is 3.36. The fourth-order valence-electron chi connectivity index (χ4n) is 3.18. The highest BCUT2D eigenvalue weighted by molar-refractivity contribution is 5.80. The van der Waals surface area contributed by atoms with Crippen LogP contribution in [0, 0.1) is 0 Å². The molecule has 1 unspecified atom stereocenters. The first-order chi connectivity index (χ1) is 14.4. The summed E-state index contributed by atoms with van der Waals surface area (Å²) in [4.78, 5) is 10.8. The molecule has 0 bridgehead atoms. The van der Waals surface area contributed by atoms with Crippen molar-refractivity contribution < 1.29 is 17.9 Å². The Hall–Kier alpha value is -2.97. The lowest BCUT2D eigenvalue weighted by molar-refractivity contribution is -0.154. The molecule has 2 heterocycles. The number of nitrogens with one attached hydrogen (secondary N) is 2. The van der Waals surface area contributed by atoms with Gasteiger partial charge in [-0.05, 0) is 31.0 Å². The van der Waals surface area contributed by atoms with Gasteiger partial charge in [0.2, 0.25) is 5.88 Å². The topological polar surface area (TPSA) is 61.8 Å². The first kappa shape index (κ1) is 21.7. The molecule has 2 N–H and O–H groups in total. The van der Waals surface area contributed by atoms with Crippen LogP contribution in [-0.4, -0.2) is 49.4 Å². The quantitative estimate of drug-likeness (QED) is 0.530. The summed E-state index contributed by atoms with van der Waals surface area (Å²) in [6, 6.07) is 13.7. The van der Waals surface area contributed by atoms with Crippen molar-refractivity contribution >= 4 is 11.6 Å². The van der Waals surface area contributed by atoms with Gasteiger partial charge in [0, 0.05) is 43.6 Å². The molecule has 1 saturated heterocycles. The van der Waals surface area contributed by atoms with E-state index in [0.717, 1.165) is 31.6 Å². The Morgan fingerprint density at radius 3 is 2.70 bits per heavy atom. The Bertz CT molecular complexity index is 812. The van der Waals surface area contributed by atoms with Crippen molar-refractivity contribution in [3.05, 3.63) is 54.2 Å². The Labute approximate surface area is 174 Å². The highest BCUT2D eigenvalue weighted by Gasteiger charge is 2.28. The normalized spacial score (nSPS) is 17.1. The van der Waals surface area contributed by atoms with Crippen molar-refractivity contribution in [2.45, 2.75) is 32.1 Å². The Morgan fingerprint density at radius 1 is 1.23 bits per heavy atom. The number of nitrogens with zero attached hydrogens (tertiary/aromatic N) is 3. The van der Waals surface area contributed by atoms with Gasteiger partial charge in [-0.2, -0.15) is 13.2 Å². The maximum absolute atomic E-state index is 12.2. The van der Waals surface area contributed by atoms with Crippen LogP contribution >= 0.6 is 0 Å². The molecule has 162 valence electrons. The second-order valence-electron chi connectivity index (χ2n) is 7.02. The molecule has 0 saturated carbocycles. The summed E-state index contributed by atoms with van der Waals surface area (Å²) in [6.45, 7) is 3.59. The summed E-state index contributed by atoms with van der Waals surface area (Å²) < 4.78 is 41.2. The van der Waals surface area contributed by atoms with Crippen LogP contribution in [0.5, 0.6) is 5.88 Å². The van der Waals surface area contributed by atoms with E-state index in [1.807, 2.05) is 25.1 Å². The number of para-hydroxylation sites is 1. The van der Waals surface area contributed by atoms with Crippen LogP contribution in [0.2, 0.25) is 0 Å². The third-order valence-electron chi connectivity index (χ3n) is 4.60. The third kappa shape index (κ3) is 6.82. The van der Waals surface area contributed by atoms with Gasteiger partial charge in [0.1, 0.15) is 0 Å². The lowest BCUT2D eigenvalue weighted by Crippen LogP contribution is -2.44. The number of hydrogen-bond acceptors (Lipinski definition) is 4. The van der Waals surface area contributed by atoms with Crippen molar-refractivity contribution in [1.82, 2.24) is 15.6 Å². The Balaban J connectivity index is 1.53. The van der Waals surface area contributed by atoms with E-state index in [2.05, 4.69) is 42.4 Å². The maximum Gasteiger partial charge on any atom is 0.422 e. The second-order valence-corrected chi connectivity index (χ2v) is 7.02. The molecule has 0 aliphatic carbocycles. The average molecular weight is 421 g/mol. The molecule has 1 aromatic heterocycles. The summed E-state index contributed by atoms with van der Waals surface area (Å²) >= 11 is 0. The van der Waals surface area contributed by atoms with E-state index in [1.54, 1.807) is 6.07 Å². The van der Waals surface area contributed by atoms with Crippen molar-refractivity contribution in [1.29, 1.82) is 0 Å². The Kier molecular flexibility index (Phi) is 7.37. The minimum Gasteiger partial charge on any atom is -0.468 e. The molecule has 1 aliphatic heterocycles. The van der Waals surface area contributed by atoms with Crippen LogP contribution in [0.3, 0.4) is 0 Å². The number of halogens is 3. The molecule has 6 nitrogen and oxygen atoms in total. The Morgan fingerprint density at radius 2 is 2.03 bits per heavy atom. The number of hydrogen-bond donors (Lipinski definition) is 2. The van der Waals surface area contributed by atoms with Crippen molar-refractivity contribution in [2.24, 2.45) is 4.99 Å². The van der Waals surface area contributed by atoms with Gasteiger partial charge in [-0.25, -0.2) is 9.98 Å².